The molecule has 126 valence electrons. The van der Waals surface area contributed by atoms with E-state index in [1.807, 2.05) is 18.5 Å². The van der Waals surface area contributed by atoms with Gasteiger partial charge >= 0.3 is 0 Å². The highest BCUT2D eigenvalue weighted by Gasteiger charge is 2.27. The minimum Gasteiger partial charge on any atom is -0.493 e. The van der Waals surface area contributed by atoms with E-state index in [0.29, 0.717) is 0 Å². The summed E-state index contributed by atoms with van der Waals surface area (Å²) in [7, 11) is 2.15. The maximum atomic E-state index is 5.67. The van der Waals surface area contributed by atoms with Crippen molar-refractivity contribution in [1.82, 2.24) is 19.7 Å². The van der Waals surface area contributed by atoms with Crippen LogP contribution < -0.4 is 4.74 Å². The molecule has 0 radical (unpaired) electrons. The molecule has 4 heterocycles. The summed E-state index contributed by atoms with van der Waals surface area (Å²) in [6, 6.07) is 10.6. The van der Waals surface area contributed by atoms with Gasteiger partial charge in [-0.1, -0.05) is 6.07 Å². The highest BCUT2D eigenvalue weighted by molar-refractivity contribution is 5.68. The van der Waals surface area contributed by atoms with Gasteiger partial charge in [0.15, 0.2) is 0 Å². The largest absolute Gasteiger partial charge is 0.493 e. The lowest BCUT2D eigenvalue weighted by atomic mass is 10.0. The van der Waals surface area contributed by atoms with E-state index in [-0.39, 0.29) is 0 Å². The summed E-state index contributed by atoms with van der Waals surface area (Å²) >= 11 is 0. The molecule has 5 nitrogen and oxygen atoms in total. The van der Waals surface area contributed by atoms with Gasteiger partial charge in [0.2, 0.25) is 0 Å². The van der Waals surface area contributed by atoms with Gasteiger partial charge in [0.05, 0.1) is 24.5 Å². The molecule has 0 aliphatic carbocycles. The minimum atomic E-state index is 0.744. The molecule has 0 unspecified atom stereocenters. The van der Waals surface area contributed by atoms with Crippen molar-refractivity contribution in [3.63, 3.8) is 0 Å². The van der Waals surface area contributed by atoms with E-state index in [1.165, 1.54) is 33.6 Å². The fourth-order valence-corrected chi connectivity index (χ4v) is 3.86. The van der Waals surface area contributed by atoms with Crippen LogP contribution in [0, 0.1) is 0 Å². The molecule has 2 aromatic heterocycles. The van der Waals surface area contributed by atoms with Gasteiger partial charge in [0, 0.05) is 43.0 Å². The zero-order chi connectivity index (χ0) is 16.8. The van der Waals surface area contributed by atoms with Crippen molar-refractivity contribution in [3.05, 3.63) is 65.1 Å². The quantitative estimate of drug-likeness (QED) is 0.740. The number of benzene rings is 1. The van der Waals surface area contributed by atoms with Gasteiger partial charge < -0.3 is 4.74 Å². The van der Waals surface area contributed by atoms with Crippen LogP contribution in [0.25, 0.3) is 11.3 Å². The molecule has 5 heteroatoms. The molecular formula is C20H20N4O. The fraction of sp³-hybridized carbons (Fsp3) is 0.300. The van der Waals surface area contributed by atoms with E-state index < -0.39 is 0 Å². The van der Waals surface area contributed by atoms with Crippen molar-refractivity contribution in [2.75, 3.05) is 13.7 Å². The average molecular weight is 332 g/mol. The molecule has 25 heavy (non-hydrogen) atoms. The minimum absolute atomic E-state index is 0.744. The zero-order valence-corrected chi connectivity index (χ0v) is 14.3. The Hall–Kier alpha value is -2.66. The van der Waals surface area contributed by atoms with E-state index in [1.54, 1.807) is 0 Å². The number of hydrogen-bond donors (Lipinski definition) is 0. The Morgan fingerprint density at radius 3 is 3.04 bits per heavy atom. The maximum absolute atomic E-state index is 5.67. The topological polar surface area (TPSA) is 43.2 Å². The smallest absolute Gasteiger partial charge is 0.122 e. The SMILES string of the molecule is CN1Cc2nn(Cc3cccnc3)c(-c3ccc4c(c3)CCO4)c2C1. The molecule has 0 fully saturated rings. The first-order valence-electron chi connectivity index (χ1n) is 8.70. The summed E-state index contributed by atoms with van der Waals surface area (Å²) in [5, 5.41) is 4.92. The highest BCUT2D eigenvalue weighted by Crippen LogP contribution is 2.36. The number of rotatable bonds is 3. The molecule has 0 saturated heterocycles. The Labute approximate surface area is 146 Å². The Morgan fingerprint density at radius 2 is 2.16 bits per heavy atom. The van der Waals surface area contributed by atoms with Crippen LogP contribution in [0.5, 0.6) is 5.75 Å². The van der Waals surface area contributed by atoms with Crippen LogP contribution in [-0.4, -0.2) is 33.3 Å². The van der Waals surface area contributed by atoms with E-state index in [4.69, 9.17) is 9.84 Å². The summed E-state index contributed by atoms with van der Waals surface area (Å²) in [5.74, 6) is 1.02. The standard InChI is InChI=1S/C20H20N4O/c1-23-12-17-18(13-23)22-24(11-14-3-2-7-21-10-14)20(17)16-4-5-19-15(9-16)6-8-25-19/h2-5,7,9-10H,6,8,11-13H2,1H3. The van der Waals surface area contributed by atoms with Crippen molar-refractivity contribution in [3.8, 4) is 17.0 Å². The molecule has 2 aliphatic heterocycles. The normalized spacial score (nSPS) is 15.9. The van der Waals surface area contributed by atoms with Gasteiger partial charge in [-0.3, -0.25) is 14.6 Å². The van der Waals surface area contributed by atoms with Crippen LogP contribution in [0.15, 0.2) is 42.7 Å². The second kappa shape index (κ2) is 5.70. The average Bonchev–Trinajstić information content (AvgIpc) is 3.29. The fourth-order valence-electron chi connectivity index (χ4n) is 3.86. The summed E-state index contributed by atoms with van der Waals surface area (Å²) < 4.78 is 7.81. The van der Waals surface area contributed by atoms with Crippen LogP contribution >= 0.6 is 0 Å². The number of nitrogens with zero attached hydrogens (tertiary/aromatic N) is 4. The second-order valence-corrected chi connectivity index (χ2v) is 6.89. The number of fused-ring (bicyclic) bond motifs is 2. The summed E-state index contributed by atoms with van der Waals surface area (Å²) in [5.41, 5.74) is 7.48. The second-order valence-electron chi connectivity index (χ2n) is 6.89. The predicted octanol–water partition coefficient (Wildman–Crippen LogP) is 2.87. The number of aromatic nitrogens is 3. The van der Waals surface area contributed by atoms with E-state index in [2.05, 4.69) is 45.9 Å². The molecule has 5 rings (SSSR count). The van der Waals surface area contributed by atoms with Crippen LogP contribution in [0.3, 0.4) is 0 Å². The van der Waals surface area contributed by atoms with E-state index in [0.717, 1.165) is 38.4 Å². The monoisotopic (exact) mass is 332 g/mol. The Morgan fingerprint density at radius 1 is 1.20 bits per heavy atom. The van der Waals surface area contributed by atoms with Crippen LogP contribution in [0.2, 0.25) is 0 Å². The number of hydrogen-bond acceptors (Lipinski definition) is 4. The van der Waals surface area contributed by atoms with Crippen LogP contribution in [-0.2, 0) is 26.1 Å². The van der Waals surface area contributed by atoms with Gasteiger partial charge in [0.25, 0.3) is 0 Å². The van der Waals surface area contributed by atoms with Crippen molar-refractivity contribution in [2.24, 2.45) is 0 Å². The van der Waals surface area contributed by atoms with Crippen molar-refractivity contribution in [1.29, 1.82) is 0 Å². The van der Waals surface area contributed by atoms with E-state index in [9.17, 15) is 0 Å². The molecule has 1 aromatic carbocycles. The van der Waals surface area contributed by atoms with Crippen LogP contribution in [0.1, 0.15) is 22.4 Å². The molecular weight excluding hydrogens is 312 g/mol. The van der Waals surface area contributed by atoms with Crippen molar-refractivity contribution < 1.29 is 4.74 Å². The van der Waals surface area contributed by atoms with Gasteiger partial charge in [-0.2, -0.15) is 5.10 Å². The molecule has 0 amide bonds. The maximum Gasteiger partial charge on any atom is 0.122 e. The Balaban J connectivity index is 1.62. The molecule has 2 aliphatic rings. The lowest BCUT2D eigenvalue weighted by Crippen LogP contribution is -2.12. The van der Waals surface area contributed by atoms with Crippen LogP contribution in [0.4, 0.5) is 0 Å². The van der Waals surface area contributed by atoms with Gasteiger partial charge in [-0.25, -0.2) is 0 Å². The summed E-state index contributed by atoms with van der Waals surface area (Å²) in [6.45, 7) is 3.39. The first-order chi connectivity index (χ1) is 12.3. The lowest BCUT2D eigenvalue weighted by Gasteiger charge is -2.13. The first kappa shape index (κ1) is 14.7. The molecule has 0 saturated carbocycles. The van der Waals surface area contributed by atoms with Gasteiger partial charge in [-0.15, -0.1) is 0 Å². The summed E-state index contributed by atoms with van der Waals surface area (Å²) in [4.78, 5) is 6.55. The van der Waals surface area contributed by atoms with Crippen molar-refractivity contribution in [2.45, 2.75) is 26.1 Å². The molecule has 0 bridgehead atoms. The molecule has 0 spiro atoms. The third-order valence-corrected chi connectivity index (χ3v) is 5.00. The molecule has 0 N–H and O–H groups in total. The molecule has 0 atom stereocenters. The first-order valence-corrected chi connectivity index (χ1v) is 8.70. The lowest BCUT2D eigenvalue weighted by molar-refractivity contribution is 0.346. The third kappa shape index (κ3) is 2.51. The highest BCUT2D eigenvalue weighted by atomic mass is 16.5. The number of ether oxygens (including phenoxy) is 1. The van der Waals surface area contributed by atoms with E-state index >= 15 is 0 Å². The summed E-state index contributed by atoms with van der Waals surface area (Å²) in [6.07, 6.45) is 4.71. The Kier molecular flexibility index (Phi) is 3.35. The zero-order valence-electron chi connectivity index (χ0n) is 14.3. The molecule has 3 aromatic rings. The van der Waals surface area contributed by atoms with Gasteiger partial charge in [-0.05, 0) is 42.4 Å². The van der Waals surface area contributed by atoms with Gasteiger partial charge in [0.1, 0.15) is 5.75 Å². The van der Waals surface area contributed by atoms with Crippen molar-refractivity contribution >= 4 is 0 Å². The number of pyridine rings is 1. The third-order valence-electron chi connectivity index (χ3n) is 5.00. The Bertz CT molecular complexity index is 932. The predicted molar refractivity (Wildman–Crippen MR) is 95.4 cm³/mol.